The maximum Gasteiger partial charge on any atom is 0.425 e. The van der Waals surface area contributed by atoms with Crippen molar-refractivity contribution in [3.63, 3.8) is 0 Å². The lowest BCUT2D eigenvalue weighted by Crippen LogP contribution is -2.15. The van der Waals surface area contributed by atoms with Gasteiger partial charge in [0.25, 0.3) is 5.91 Å². The van der Waals surface area contributed by atoms with Crippen LogP contribution < -0.4 is 5.73 Å². The van der Waals surface area contributed by atoms with Crippen LogP contribution in [0.4, 0.5) is 13.2 Å². The number of hydrogen-bond acceptors (Lipinski definition) is 4. The highest BCUT2D eigenvalue weighted by Crippen LogP contribution is 2.39. The molecule has 1 amide bonds. The van der Waals surface area contributed by atoms with Crippen molar-refractivity contribution in [2.45, 2.75) is 12.7 Å². The van der Waals surface area contributed by atoms with Gasteiger partial charge in [-0.15, -0.1) is 11.3 Å². The average molecular weight is 293 g/mol. The van der Waals surface area contributed by atoms with Crippen molar-refractivity contribution < 1.29 is 27.9 Å². The van der Waals surface area contributed by atoms with Gasteiger partial charge in [0.15, 0.2) is 5.69 Å². The van der Waals surface area contributed by atoms with Crippen LogP contribution in [0.15, 0.2) is 6.07 Å². The fourth-order valence-corrected chi connectivity index (χ4v) is 2.53. The first-order chi connectivity index (χ1) is 8.70. The zero-order chi connectivity index (χ0) is 14.4. The van der Waals surface area contributed by atoms with E-state index in [2.05, 4.69) is 5.10 Å². The predicted octanol–water partition coefficient (Wildman–Crippen LogP) is 1.30. The number of carbonyl (C=O) groups is 2. The molecular formula is C9H6F3N3O3S. The highest BCUT2D eigenvalue weighted by molar-refractivity contribution is 7.19. The van der Waals surface area contributed by atoms with Crippen molar-refractivity contribution >= 4 is 33.4 Å². The average Bonchev–Trinajstić information content (AvgIpc) is 2.76. The molecule has 0 radical (unpaired) electrons. The van der Waals surface area contributed by atoms with E-state index >= 15 is 0 Å². The number of primary amides is 1. The molecule has 2 rings (SSSR count). The van der Waals surface area contributed by atoms with Gasteiger partial charge in [0, 0.05) is 0 Å². The first-order valence-electron chi connectivity index (χ1n) is 4.79. The van der Waals surface area contributed by atoms with E-state index in [0.29, 0.717) is 11.3 Å². The SMILES string of the molecule is NC(=O)c1nn(CC(=O)O)c2cc(C(F)(F)F)sc12. The van der Waals surface area contributed by atoms with Crippen LogP contribution in [-0.2, 0) is 17.5 Å². The van der Waals surface area contributed by atoms with Gasteiger partial charge < -0.3 is 10.8 Å². The van der Waals surface area contributed by atoms with Crippen molar-refractivity contribution in [1.29, 1.82) is 0 Å². The number of carbonyl (C=O) groups excluding carboxylic acids is 1. The number of carboxylic acid groups (broad SMARTS) is 1. The van der Waals surface area contributed by atoms with Gasteiger partial charge in [0.1, 0.15) is 11.4 Å². The molecule has 0 spiro atoms. The molecule has 0 bridgehead atoms. The molecule has 3 N–H and O–H groups in total. The predicted molar refractivity (Wildman–Crippen MR) is 58.8 cm³/mol. The molecule has 0 aliphatic carbocycles. The summed E-state index contributed by atoms with van der Waals surface area (Å²) in [4.78, 5) is 20.8. The molecule has 19 heavy (non-hydrogen) atoms. The number of rotatable bonds is 3. The molecule has 0 aliphatic rings. The maximum absolute atomic E-state index is 12.6. The summed E-state index contributed by atoms with van der Waals surface area (Å²) in [7, 11) is 0. The molecule has 0 fully saturated rings. The first-order valence-corrected chi connectivity index (χ1v) is 5.61. The van der Waals surface area contributed by atoms with Crippen LogP contribution in [-0.4, -0.2) is 26.8 Å². The summed E-state index contributed by atoms with van der Waals surface area (Å²) in [5.41, 5.74) is 4.57. The topological polar surface area (TPSA) is 98.2 Å². The molecule has 2 aromatic rings. The van der Waals surface area contributed by atoms with Crippen LogP contribution in [0.5, 0.6) is 0 Å². The number of alkyl halides is 3. The van der Waals surface area contributed by atoms with Crippen molar-refractivity contribution in [2.24, 2.45) is 5.73 Å². The quantitative estimate of drug-likeness (QED) is 0.891. The van der Waals surface area contributed by atoms with Gasteiger partial charge in [0.2, 0.25) is 0 Å². The van der Waals surface area contributed by atoms with Gasteiger partial charge in [-0.2, -0.15) is 18.3 Å². The van der Waals surface area contributed by atoms with Crippen molar-refractivity contribution in [2.75, 3.05) is 0 Å². The Labute approximate surface area is 107 Å². The molecule has 0 unspecified atom stereocenters. The minimum atomic E-state index is -4.58. The Morgan fingerprint density at radius 2 is 2.11 bits per heavy atom. The van der Waals surface area contributed by atoms with Crippen LogP contribution in [0.2, 0.25) is 0 Å². The lowest BCUT2D eigenvalue weighted by Gasteiger charge is -2.01. The minimum Gasteiger partial charge on any atom is -0.480 e. The van der Waals surface area contributed by atoms with Gasteiger partial charge in [-0.05, 0) is 6.07 Å². The first kappa shape index (κ1) is 13.3. The van der Waals surface area contributed by atoms with E-state index < -0.39 is 29.5 Å². The van der Waals surface area contributed by atoms with E-state index in [-0.39, 0.29) is 15.9 Å². The third-order valence-corrected chi connectivity index (χ3v) is 3.40. The lowest BCUT2D eigenvalue weighted by molar-refractivity contribution is -0.137. The highest BCUT2D eigenvalue weighted by Gasteiger charge is 2.34. The monoisotopic (exact) mass is 293 g/mol. The van der Waals surface area contributed by atoms with E-state index in [0.717, 1.165) is 10.7 Å². The number of nitrogens with two attached hydrogens (primary N) is 1. The van der Waals surface area contributed by atoms with E-state index in [1.165, 1.54) is 0 Å². The summed E-state index contributed by atoms with van der Waals surface area (Å²) >= 11 is 0.305. The third-order valence-electron chi connectivity index (χ3n) is 2.22. The Hall–Kier alpha value is -2.10. The van der Waals surface area contributed by atoms with E-state index in [4.69, 9.17) is 10.8 Å². The Morgan fingerprint density at radius 1 is 1.47 bits per heavy atom. The Morgan fingerprint density at radius 3 is 2.58 bits per heavy atom. The van der Waals surface area contributed by atoms with Crippen molar-refractivity contribution in [3.8, 4) is 0 Å². The second-order valence-corrected chi connectivity index (χ2v) is 4.64. The second kappa shape index (κ2) is 4.23. The smallest absolute Gasteiger partial charge is 0.425 e. The number of thiophene rings is 1. The van der Waals surface area contributed by atoms with Crippen LogP contribution in [0.1, 0.15) is 15.4 Å². The Balaban J connectivity index is 2.67. The number of halogens is 3. The summed E-state index contributed by atoms with van der Waals surface area (Å²) in [5.74, 6) is -2.30. The minimum absolute atomic E-state index is 0.0684. The number of amides is 1. The Kier molecular flexibility index (Phi) is 2.97. The molecule has 2 heterocycles. The molecular weight excluding hydrogens is 287 g/mol. The fraction of sp³-hybridized carbons (Fsp3) is 0.222. The largest absolute Gasteiger partial charge is 0.480 e. The van der Waals surface area contributed by atoms with Crippen molar-refractivity contribution in [3.05, 3.63) is 16.6 Å². The number of nitrogens with zero attached hydrogens (tertiary/aromatic N) is 2. The maximum atomic E-state index is 12.6. The number of hydrogen-bond donors (Lipinski definition) is 2. The molecule has 0 aliphatic heterocycles. The zero-order valence-corrected chi connectivity index (χ0v) is 9.88. The second-order valence-electron chi connectivity index (χ2n) is 3.59. The van der Waals surface area contributed by atoms with Crippen molar-refractivity contribution in [1.82, 2.24) is 9.78 Å². The molecule has 0 saturated carbocycles. The number of carboxylic acids is 1. The van der Waals surface area contributed by atoms with Crippen LogP contribution in [0.3, 0.4) is 0 Å². The van der Waals surface area contributed by atoms with Crippen LogP contribution >= 0.6 is 11.3 Å². The molecule has 0 aromatic carbocycles. The number of aliphatic carboxylic acids is 1. The summed E-state index contributed by atoms with van der Waals surface area (Å²) in [6.45, 7) is -0.655. The summed E-state index contributed by atoms with van der Waals surface area (Å²) < 4.78 is 38.5. The van der Waals surface area contributed by atoms with Gasteiger partial charge in [0.05, 0.1) is 10.2 Å². The van der Waals surface area contributed by atoms with E-state index in [1.54, 1.807) is 0 Å². The summed E-state index contributed by atoms with van der Waals surface area (Å²) in [6, 6.07) is 0.752. The van der Waals surface area contributed by atoms with Gasteiger partial charge in [-0.3, -0.25) is 14.3 Å². The molecule has 10 heteroatoms. The standard InChI is InChI=1S/C9H6F3N3O3S/c10-9(11,12)4-1-3-7(19-4)6(8(13)18)14-15(3)2-5(16)17/h1H,2H2,(H2,13,18)(H,16,17). The fourth-order valence-electron chi connectivity index (χ4n) is 1.51. The van der Waals surface area contributed by atoms with Crippen LogP contribution in [0, 0.1) is 0 Å². The Bertz CT molecular complexity index is 673. The number of aromatic nitrogens is 2. The highest BCUT2D eigenvalue weighted by atomic mass is 32.1. The molecule has 6 nitrogen and oxygen atoms in total. The van der Waals surface area contributed by atoms with E-state index in [1.807, 2.05) is 0 Å². The number of fused-ring (bicyclic) bond motifs is 1. The molecule has 102 valence electrons. The lowest BCUT2D eigenvalue weighted by atomic mass is 10.3. The van der Waals surface area contributed by atoms with Gasteiger partial charge >= 0.3 is 12.1 Å². The third kappa shape index (κ3) is 2.38. The molecule has 0 atom stereocenters. The molecule has 2 aromatic heterocycles. The van der Waals surface area contributed by atoms with E-state index in [9.17, 15) is 22.8 Å². The van der Waals surface area contributed by atoms with Gasteiger partial charge in [-0.1, -0.05) is 0 Å². The molecule has 0 saturated heterocycles. The van der Waals surface area contributed by atoms with Gasteiger partial charge in [-0.25, -0.2) is 0 Å². The summed E-state index contributed by atoms with van der Waals surface area (Å²) in [6.07, 6.45) is -4.58. The van der Waals surface area contributed by atoms with Crippen LogP contribution in [0.25, 0.3) is 10.2 Å². The zero-order valence-electron chi connectivity index (χ0n) is 9.06. The normalized spacial score (nSPS) is 11.9. The summed E-state index contributed by atoms with van der Waals surface area (Å²) in [5, 5.41) is 12.3.